The highest BCUT2D eigenvalue weighted by atomic mass is 32.2. The number of rotatable bonds is 6. The molecule has 0 aliphatic heterocycles. The van der Waals surface area contributed by atoms with Crippen LogP contribution in [0, 0.1) is 0 Å². The number of anilines is 1. The summed E-state index contributed by atoms with van der Waals surface area (Å²) in [5.74, 6) is 2.74. The molecule has 1 rings (SSSR count). The number of hydrogen-bond donors (Lipinski definition) is 1. The number of nitrogens with one attached hydrogen (secondary N) is 1. The number of thioether (sulfide) groups is 1. The van der Waals surface area contributed by atoms with Gasteiger partial charge in [-0.15, -0.1) is 0 Å². The van der Waals surface area contributed by atoms with Crippen molar-refractivity contribution in [3.63, 3.8) is 0 Å². The summed E-state index contributed by atoms with van der Waals surface area (Å²) in [4.78, 5) is 4.21. The van der Waals surface area contributed by atoms with Crippen molar-refractivity contribution in [1.82, 2.24) is 10.1 Å². The molecule has 5 heteroatoms. The molecule has 0 amide bonds. The van der Waals surface area contributed by atoms with Crippen molar-refractivity contribution >= 4 is 17.8 Å². The minimum Gasteiger partial charge on any atom is -0.336 e. The largest absolute Gasteiger partial charge is 0.336 e. The van der Waals surface area contributed by atoms with Crippen molar-refractivity contribution < 1.29 is 4.52 Å². The zero-order chi connectivity index (χ0) is 10.4. The van der Waals surface area contributed by atoms with Gasteiger partial charge >= 0.3 is 6.01 Å². The minimum atomic E-state index is 0.326. The average molecular weight is 215 g/mol. The third-order valence-electron chi connectivity index (χ3n) is 1.46. The van der Waals surface area contributed by atoms with Crippen molar-refractivity contribution in [2.24, 2.45) is 0 Å². The third-order valence-corrected chi connectivity index (χ3v) is 2.62. The van der Waals surface area contributed by atoms with Crippen molar-refractivity contribution in [1.29, 1.82) is 0 Å². The molecule has 0 aliphatic rings. The van der Waals surface area contributed by atoms with E-state index in [4.69, 9.17) is 4.52 Å². The zero-order valence-electron chi connectivity index (χ0n) is 8.91. The van der Waals surface area contributed by atoms with Gasteiger partial charge in [-0.05, 0) is 26.0 Å². The summed E-state index contributed by atoms with van der Waals surface area (Å²) in [6, 6.07) is 0.846. The van der Waals surface area contributed by atoms with Gasteiger partial charge in [0.25, 0.3) is 0 Å². The minimum absolute atomic E-state index is 0.326. The van der Waals surface area contributed by atoms with Crippen LogP contribution in [-0.2, 0) is 5.75 Å². The van der Waals surface area contributed by atoms with E-state index in [0.29, 0.717) is 12.1 Å². The number of hydrogen-bond acceptors (Lipinski definition) is 5. The molecule has 1 N–H and O–H groups in total. The molecule has 0 radical (unpaired) electrons. The van der Waals surface area contributed by atoms with Gasteiger partial charge in [0, 0.05) is 6.04 Å². The average Bonchev–Trinajstić information content (AvgIpc) is 2.52. The Bertz CT molecular complexity index is 262. The van der Waals surface area contributed by atoms with Gasteiger partial charge < -0.3 is 9.84 Å². The van der Waals surface area contributed by atoms with E-state index >= 15 is 0 Å². The molecule has 80 valence electrons. The molecule has 1 heterocycles. The Hall–Kier alpha value is -0.710. The van der Waals surface area contributed by atoms with Crippen molar-refractivity contribution in [2.45, 2.75) is 39.0 Å². The van der Waals surface area contributed by atoms with Crippen LogP contribution >= 0.6 is 11.8 Å². The summed E-state index contributed by atoms with van der Waals surface area (Å²) >= 11 is 1.83. The first-order valence-corrected chi connectivity index (χ1v) is 6.04. The molecule has 1 aromatic heterocycles. The molecule has 14 heavy (non-hydrogen) atoms. The molecule has 4 nitrogen and oxygen atoms in total. The predicted octanol–water partition coefficient (Wildman–Crippen LogP) is 2.53. The van der Waals surface area contributed by atoms with Crippen molar-refractivity contribution in [3.8, 4) is 0 Å². The summed E-state index contributed by atoms with van der Waals surface area (Å²) in [6.45, 7) is 6.24. The van der Waals surface area contributed by atoms with Gasteiger partial charge in [-0.2, -0.15) is 16.7 Å². The van der Waals surface area contributed by atoms with Gasteiger partial charge in [0.15, 0.2) is 5.82 Å². The van der Waals surface area contributed by atoms with Crippen LogP contribution in [-0.4, -0.2) is 21.9 Å². The molecule has 0 unspecified atom stereocenters. The maximum absolute atomic E-state index is 5.02. The maximum atomic E-state index is 5.02. The Morgan fingerprint density at radius 2 is 2.29 bits per heavy atom. The summed E-state index contributed by atoms with van der Waals surface area (Å²) in [5.41, 5.74) is 0. The first kappa shape index (κ1) is 11.4. The van der Waals surface area contributed by atoms with Crippen LogP contribution < -0.4 is 5.32 Å². The lowest BCUT2D eigenvalue weighted by molar-refractivity contribution is 0.422. The summed E-state index contributed by atoms with van der Waals surface area (Å²) in [5, 5.41) is 6.94. The first-order chi connectivity index (χ1) is 6.72. The van der Waals surface area contributed by atoms with E-state index in [0.717, 1.165) is 17.3 Å². The molecular weight excluding hydrogens is 198 g/mol. The van der Waals surface area contributed by atoms with Crippen LogP contribution in [0.25, 0.3) is 0 Å². The van der Waals surface area contributed by atoms with E-state index in [1.54, 1.807) is 0 Å². The lowest BCUT2D eigenvalue weighted by Gasteiger charge is -2.01. The van der Waals surface area contributed by atoms with Crippen LogP contribution in [0.4, 0.5) is 6.01 Å². The van der Waals surface area contributed by atoms with Gasteiger partial charge in [0.1, 0.15) is 0 Å². The second-order valence-corrected chi connectivity index (χ2v) is 4.47. The monoisotopic (exact) mass is 215 g/mol. The Balaban J connectivity index is 2.35. The van der Waals surface area contributed by atoms with Gasteiger partial charge in [0.2, 0.25) is 0 Å². The highest BCUT2D eigenvalue weighted by molar-refractivity contribution is 7.98. The molecule has 1 aromatic rings. The first-order valence-electron chi connectivity index (χ1n) is 4.89. The van der Waals surface area contributed by atoms with Gasteiger partial charge in [0.05, 0.1) is 5.75 Å². The quantitative estimate of drug-likeness (QED) is 0.739. The lowest BCUT2D eigenvalue weighted by Crippen LogP contribution is -2.09. The van der Waals surface area contributed by atoms with Gasteiger partial charge in [-0.1, -0.05) is 12.1 Å². The molecule has 0 saturated carbocycles. The third kappa shape index (κ3) is 4.00. The normalized spacial score (nSPS) is 10.9. The summed E-state index contributed by atoms with van der Waals surface area (Å²) in [6.07, 6.45) is 1.18. The van der Waals surface area contributed by atoms with E-state index < -0.39 is 0 Å². The van der Waals surface area contributed by atoms with Crippen LogP contribution in [0.1, 0.15) is 33.0 Å². The van der Waals surface area contributed by atoms with Crippen LogP contribution in [0.5, 0.6) is 0 Å². The smallest absolute Gasteiger partial charge is 0.321 e. The summed E-state index contributed by atoms with van der Waals surface area (Å²) in [7, 11) is 0. The Morgan fingerprint density at radius 1 is 1.50 bits per heavy atom. The van der Waals surface area contributed by atoms with E-state index in [2.05, 4.69) is 22.4 Å². The van der Waals surface area contributed by atoms with Crippen LogP contribution in [0.15, 0.2) is 4.52 Å². The fourth-order valence-electron chi connectivity index (χ4n) is 0.926. The molecule has 0 atom stereocenters. The topological polar surface area (TPSA) is 51.0 Å². The molecule has 0 fully saturated rings. The summed E-state index contributed by atoms with van der Waals surface area (Å²) < 4.78 is 5.02. The number of aromatic nitrogens is 2. The van der Waals surface area contributed by atoms with Crippen LogP contribution in [0.2, 0.25) is 0 Å². The van der Waals surface area contributed by atoms with E-state index in [9.17, 15) is 0 Å². The SMILES string of the molecule is CCCSCc1noc(NC(C)C)n1. The van der Waals surface area contributed by atoms with E-state index in [1.165, 1.54) is 6.42 Å². The zero-order valence-corrected chi connectivity index (χ0v) is 9.73. The van der Waals surface area contributed by atoms with E-state index in [1.807, 2.05) is 25.6 Å². The second kappa shape index (κ2) is 5.90. The van der Waals surface area contributed by atoms with Crippen LogP contribution in [0.3, 0.4) is 0 Å². The Labute approximate surface area is 88.8 Å². The van der Waals surface area contributed by atoms with E-state index in [-0.39, 0.29) is 0 Å². The molecule has 0 bridgehead atoms. The second-order valence-electron chi connectivity index (χ2n) is 3.37. The molecular formula is C9H17N3OS. The molecule has 0 aliphatic carbocycles. The fourth-order valence-corrected chi connectivity index (χ4v) is 1.66. The molecule has 0 spiro atoms. The lowest BCUT2D eigenvalue weighted by atomic mass is 10.4. The highest BCUT2D eigenvalue weighted by Crippen LogP contribution is 2.12. The van der Waals surface area contributed by atoms with Crippen molar-refractivity contribution in [2.75, 3.05) is 11.1 Å². The Kier molecular flexibility index (Phi) is 4.79. The van der Waals surface area contributed by atoms with Crippen molar-refractivity contribution in [3.05, 3.63) is 5.82 Å². The standard InChI is InChI=1S/C9H17N3OS/c1-4-5-14-6-8-11-9(13-12-8)10-7(2)3/h7H,4-6H2,1-3H3,(H,10,11,12). The maximum Gasteiger partial charge on any atom is 0.321 e. The highest BCUT2D eigenvalue weighted by Gasteiger charge is 2.06. The fraction of sp³-hybridized carbons (Fsp3) is 0.778. The Morgan fingerprint density at radius 3 is 2.93 bits per heavy atom. The number of nitrogens with zero attached hydrogens (tertiary/aromatic N) is 2. The molecule has 0 aromatic carbocycles. The predicted molar refractivity (Wildman–Crippen MR) is 59.5 cm³/mol. The van der Waals surface area contributed by atoms with Gasteiger partial charge in [-0.3, -0.25) is 0 Å². The molecule has 0 saturated heterocycles. The van der Waals surface area contributed by atoms with Gasteiger partial charge in [-0.25, -0.2) is 0 Å².